The van der Waals surface area contributed by atoms with Crippen LogP contribution in [0.4, 0.5) is 13.2 Å². The van der Waals surface area contributed by atoms with Gasteiger partial charge in [-0.25, -0.2) is 4.98 Å². The summed E-state index contributed by atoms with van der Waals surface area (Å²) in [5, 5.41) is 0. The van der Waals surface area contributed by atoms with Crippen LogP contribution in [0.25, 0.3) is 5.65 Å². The summed E-state index contributed by atoms with van der Waals surface area (Å²) in [6.45, 7) is 9.09. The standard InChI is InChI=1S/C15H18BF3N2O2/c1-9-7-21-8-10(6-11(12(21)20-9)15(17,18)19)16-22-13(2,3)14(4,5)23-16/h6-8H,1-5H3. The Kier molecular flexibility index (Phi) is 3.36. The van der Waals surface area contributed by atoms with Crippen molar-refractivity contribution < 1.29 is 22.5 Å². The third kappa shape index (κ3) is 2.63. The second-order valence-corrected chi connectivity index (χ2v) is 6.89. The number of pyridine rings is 1. The number of aromatic nitrogens is 2. The molecule has 2 aromatic heterocycles. The van der Waals surface area contributed by atoms with Crippen molar-refractivity contribution in [2.24, 2.45) is 0 Å². The molecule has 1 aliphatic heterocycles. The third-order valence-electron chi connectivity index (χ3n) is 4.52. The Hall–Kier alpha value is -1.54. The second-order valence-electron chi connectivity index (χ2n) is 6.89. The van der Waals surface area contributed by atoms with E-state index in [4.69, 9.17) is 9.31 Å². The van der Waals surface area contributed by atoms with Crippen molar-refractivity contribution in [2.45, 2.75) is 52.0 Å². The first kappa shape index (κ1) is 16.3. The van der Waals surface area contributed by atoms with Gasteiger partial charge in [-0.2, -0.15) is 13.2 Å². The molecule has 0 aliphatic carbocycles. The van der Waals surface area contributed by atoms with Crippen LogP contribution in [0.3, 0.4) is 0 Å². The van der Waals surface area contributed by atoms with Crippen molar-refractivity contribution in [1.82, 2.24) is 9.38 Å². The van der Waals surface area contributed by atoms with Gasteiger partial charge >= 0.3 is 13.3 Å². The lowest BCUT2D eigenvalue weighted by Crippen LogP contribution is -2.41. The average molecular weight is 326 g/mol. The fourth-order valence-electron chi connectivity index (χ4n) is 2.56. The smallest absolute Gasteiger partial charge is 0.399 e. The summed E-state index contributed by atoms with van der Waals surface area (Å²) in [6.07, 6.45) is -1.37. The van der Waals surface area contributed by atoms with Crippen molar-refractivity contribution in [2.75, 3.05) is 0 Å². The van der Waals surface area contributed by atoms with Crippen molar-refractivity contribution in [3.05, 3.63) is 29.7 Å². The zero-order valence-electron chi connectivity index (χ0n) is 13.7. The highest BCUT2D eigenvalue weighted by atomic mass is 19.4. The SMILES string of the molecule is Cc1cn2cc(B3OC(C)(C)C(C)(C)O3)cc(C(F)(F)F)c2n1. The molecule has 0 bridgehead atoms. The molecule has 0 radical (unpaired) electrons. The molecule has 124 valence electrons. The van der Waals surface area contributed by atoms with Crippen LogP contribution in [0.15, 0.2) is 18.5 Å². The number of hydrogen-bond donors (Lipinski definition) is 0. The quantitative estimate of drug-likeness (QED) is 0.756. The molecule has 2 aromatic rings. The van der Waals surface area contributed by atoms with Gasteiger partial charge in [0.1, 0.15) is 5.65 Å². The Bertz CT molecular complexity index is 752. The van der Waals surface area contributed by atoms with Gasteiger partial charge in [-0.3, -0.25) is 0 Å². The minimum absolute atomic E-state index is 0.115. The van der Waals surface area contributed by atoms with Gasteiger partial charge in [-0.15, -0.1) is 0 Å². The molecule has 0 aromatic carbocycles. The summed E-state index contributed by atoms with van der Waals surface area (Å²) in [4.78, 5) is 3.97. The molecule has 1 aliphatic rings. The van der Waals surface area contributed by atoms with Gasteiger partial charge in [-0.05, 0) is 46.1 Å². The van der Waals surface area contributed by atoms with Crippen LogP contribution in [0.5, 0.6) is 0 Å². The molecule has 3 heterocycles. The fraction of sp³-hybridized carbons (Fsp3) is 0.533. The van der Waals surface area contributed by atoms with Crippen molar-refractivity contribution >= 4 is 18.2 Å². The van der Waals surface area contributed by atoms with E-state index in [2.05, 4.69) is 4.98 Å². The number of nitrogens with zero attached hydrogens (tertiary/aromatic N) is 2. The van der Waals surface area contributed by atoms with Crippen molar-refractivity contribution in [3.63, 3.8) is 0 Å². The molecular weight excluding hydrogens is 308 g/mol. The van der Waals surface area contributed by atoms with Crippen molar-refractivity contribution in [1.29, 1.82) is 0 Å². The Morgan fingerprint density at radius 1 is 1.09 bits per heavy atom. The van der Waals surface area contributed by atoms with E-state index in [1.165, 1.54) is 4.40 Å². The molecule has 0 amide bonds. The topological polar surface area (TPSA) is 35.8 Å². The van der Waals surface area contributed by atoms with E-state index in [0.29, 0.717) is 11.2 Å². The summed E-state index contributed by atoms with van der Waals surface area (Å²) in [5.74, 6) is 0. The summed E-state index contributed by atoms with van der Waals surface area (Å²) in [7, 11) is -0.854. The van der Waals surface area contributed by atoms with E-state index in [0.717, 1.165) is 6.07 Å². The van der Waals surface area contributed by atoms with Crippen LogP contribution in [0.1, 0.15) is 39.0 Å². The van der Waals surface area contributed by atoms with E-state index in [1.807, 2.05) is 27.7 Å². The van der Waals surface area contributed by atoms with E-state index >= 15 is 0 Å². The van der Waals surface area contributed by atoms with Gasteiger partial charge in [-0.1, -0.05) is 0 Å². The molecule has 3 rings (SSSR count). The number of hydrogen-bond acceptors (Lipinski definition) is 3. The highest BCUT2D eigenvalue weighted by Crippen LogP contribution is 2.37. The van der Waals surface area contributed by atoms with Gasteiger partial charge in [0.15, 0.2) is 0 Å². The molecule has 0 atom stereocenters. The average Bonchev–Trinajstić information content (AvgIpc) is 2.83. The second kappa shape index (κ2) is 4.74. The molecule has 0 spiro atoms. The first-order valence-corrected chi connectivity index (χ1v) is 7.33. The third-order valence-corrected chi connectivity index (χ3v) is 4.52. The van der Waals surface area contributed by atoms with Gasteiger partial charge in [0.05, 0.1) is 22.5 Å². The number of imidazole rings is 1. The fourth-order valence-corrected chi connectivity index (χ4v) is 2.56. The summed E-state index contributed by atoms with van der Waals surface area (Å²) < 4.78 is 53.2. The Morgan fingerprint density at radius 2 is 1.65 bits per heavy atom. The number of halogens is 3. The largest absolute Gasteiger partial charge is 0.496 e. The monoisotopic (exact) mass is 326 g/mol. The molecule has 0 N–H and O–H groups in total. The lowest BCUT2D eigenvalue weighted by atomic mass is 9.79. The highest BCUT2D eigenvalue weighted by molar-refractivity contribution is 6.62. The summed E-state index contributed by atoms with van der Waals surface area (Å²) in [5.41, 5.74) is -1.30. The Labute approximate surface area is 132 Å². The lowest BCUT2D eigenvalue weighted by Gasteiger charge is -2.32. The van der Waals surface area contributed by atoms with Crippen LogP contribution >= 0.6 is 0 Å². The zero-order chi connectivity index (χ0) is 17.2. The van der Waals surface area contributed by atoms with E-state index < -0.39 is 30.1 Å². The maximum atomic E-state index is 13.4. The van der Waals surface area contributed by atoms with Gasteiger partial charge in [0.25, 0.3) is 0 Å². The number of rotatable bonds is 1. The van der Waals surface area contributed by atoms with Crippen LogP contribution < -0.4 is 5.46 Å². The molecule has 0 unspecified atom stereocenters. The van der Waals surface area contributed by atoms with Crippen molar-refractivity contribution in [3.8, 4) is 0 Å². The lowest BCUT2D eigenvalue weighted by molar-refractivity contribution is -0.136. The van der Waals surface area contributed by atoms with Crippen LogP contribution in [0.2, 0.25) is 0 Å². The summed E-state index contributed by atoms with van der Waals surface area (Å²) >= 11 is 0. The number of aryl methyl sites for hydroxylation is 1. The minimum atomic E-state index is -4.50. The van der Waals surface area contributed by atoms with Crippen LogP contribution in [-0.4, -0.2) is 27.7 Å². The van der Waals surface area contributed by atoms with Gasteiger partial charge in [0.2, 0.25) is 0 Å². The maximum Gasteiger partial charge on any atom is 0.496 e. The Balaban J connectivity index is 2.13. The number of fused-ring (bicyclic) bond motifs is 1. The molecule has 23 heavy (non-hydrogen) atoms. The molecule has 0 saturated carbocycles. The highest BCUT2D eigenvalue weighted by Gasteiger charge is 2.52. The molecule has 4 nitrogen and oxygen atoms in total. The minimum Gasteiger partial charge on any atom is -0.399 e. The normalized spacial score (nSPS) is 20.4. The predicted molar refractivity (Wildman–Crippen MR) is 80.6 cm³/mol. The first-order chi connectivity index (χ1) is 10.4. The first-order valence-electron chi connectivity index (χ1n) is 7.33. The van der Waals surface area contributed by atoms with E-state index in [1.54, 1.807) is 19.3 Å². The van der Waals surface area contributed by atoms with Gasteiger partial charge < -0.3 is 13.7 Å². The van der Waals surface area contributed by atoms with Crippen LogP contribution in [0, 0.1) is 6.92 Å². The summed E-state index contributed by atoms with van der Waals surface area (Å²) in [6, 6.07) is 1.06. The van der Waals surface area contributed by atoms with Gasteiger partial charge in [0, 0.05) is 12.4 Å². The molecule has 1 fully saturated rings. The molecular formula is C15H18BF3N2O2. The molecule has 1 saturated heterocycles. The van der Waals surface area contributed by atoms with Crippen LogP contribution in [-0.2, 0) is 15.5 Å². The zero-order valence-corrected chi connectivity index (χ0v) is 13.7. The predicted octanol–water partition coefficient (Wildman–Crippen LogP) is 2.96. The number of alkyl halides is 3. The maximum absolute atomic E-state index is 13.4. The van der Waals surface area contributed by atoms with E-state index in [-0.39, 0.29) is 5.65 Å². The van der Waals surface area contributed by atoms with E-state index in [9.17, 15) is 13.2 Å². The Morgan fingerprint density at radius 3 is 2.17 bits per heavy atom. The molecule has 8 heteroatoms.